The summed E-state index contributed by atoms with van der Waals surface area (Å²) in [6.45, 7) is 3.75. The van der Waals surface area contributed by atoms with Gasteiger partial charge >= 0.3 is 0 Å². The minimum Gasteiger partial charge on any atom is -0.388 e. The molecule has 0 aliphatic heterocycles. The van der Waals surface area contributed by atoms with Crippen LogP contribution in [0.1, 0.15) is 20.3 Å². The fourth-order valence-electron chi connectivity index (χ4n) is 1.09. The zero-order valence-electron chi connectivity index (χ0n) is 9.61. The van der Waals surface area contributed by atoms with Crippen molar-refractivity contribution < 1.29 is 10.0 Å². The fraction of sp³-hybridized carbons (Fsp3) is 0.500. The van der Waals surface area contributed by atoms with Gasteiger partial charge in [0.2, 0.25) is 0 Å². The van der Waals surface area contributed by atoms with Crippen molar-refractivity contribution >= 4 is 23.1 Å². The lowest BCUT2D eigenvalue weighted by Crippen LogP contribution is -2.32. The summed E-state index contributed by atoms with van der Waals surface area (Å²) in [5.74, 6) is 0.276. The van der Waals surface area contributed by atoms with Gasteiger partial charge in [0.05, 0.1) is 22.7 Å². The van der Waals surface area contributed by atoms with Crippen LogP contribution in [0.25, 0.3) is 0 Å². The van der Waals surface area contributed by atoms with Crippen LogP contribution in [0.15, 0.2) is 12.1 Å². The van der Waals surface area contributed by atoms with Crippen molar-refractivity contribution in [3.8, 4) is 0 Å². The van der Waals surface area contributed by atoms with E-state index in [1.54, 1.807) is 6.92 Å². The molecular weight excluding hydrogens is 246 g/mol. The molecule has 1 aromatic rings. The summed E-state index contributed by atoms with van der Waals surface area (Å²) in [5, 5.41) is 23.2. The molecule has 1 heterocycles. The van der Waals surface area contributed by atoms with Gasteiger partial charge in [-0.25, -0.2) is 4.98 Å². The Morgan fingerprint density at radius 3 is 2.82 bits per heavy atom. The van der Waals surface area contributed by atoms with Crippen LogP contribution in [0.4, 0.5) is 11.5 Å². The van der Waals surface area contributed by atoms with Crippen LogP contribution in [-0.2, 0) is 0 Å². The van der Waals surface area contributed by atoms with E-state index >= 15 is 0 Å². The summed E-state index contributed by atoms with van der Waals surface area (Å²) in [6, 6.07) is 2.45. The molecule has 6 nitrogen and oxygen atoms in total. The molecule has 1 atom stereocenters. The maximum absolute atomic E-state index is 10.6. The highest BCUT2D eigenvalue weighted by molar-refractivity contribution is 6.29. The average molecular weight is 260 g/mol. The number of nitrogens with zero attached hydrogens (tertiary/aromatic N) is 2. The SMILES string of the molecule is CCC(C)(O)CNc1cc([N+](=O)[O-])cc(Cl)n1. The molecule has 0 bridgehead atoms. The third-order valence-corrected chi connectivity index (χ3v) is 2.60. The minimum atomic E-state index is -0.890. The van der Waals surface area contributed by atoms with Gasteiger partial charge in [0, 0.05) is 6.54 Å². The first kappa shape index (κ1) is 13.7. The van der Waals surface area contributed by atoms with E-state index in [-0.39, 0.29) is 23.2 Å². The number of rotatable bonds is 5. The van der Waals surface area contributed by atoms with Gasteiger partial charge in [-0.05, 0) is 13.3 Å². The summed E-state index contributed by atoms with van der Waals surface area (Å²) < 4.78 is 0. The van der Waals surface area contributed by atoms with E-state index in [2.05, 4.69) is 10.3 Å². The molecule has 7 heteroatoms. The predicted molar refractivity (Wildman–Crippen MR) is 65.3 cm³/mol. The quantitative estimate of drug-likeness (QED) is 0.481. The number of nitrogens with one attached hydrogen (secondary N) is 1. The Bertz CT molecular complexity index is 423. The molecule has 0 spiro atoms. The van der Waals surface area contributed by atoms with Crippen molar-refractivity contribution in [3.63, 3.8) is 0 Å². The van der Waals surface area contributed by atoms with Crippen molar-refractivity contribution in [1.29, 1.82) is 0 Å². The molecular formula is C10H14ClN3O3. The zero-order valence-corrected chi connectivity index (χ0v) is 10.4. The van der Waals surface area contributed by atoms with Crippen LogP contribution in [0, 0.1) is 10.1 Å². The Morgan fingerprint density at radius 2 is 2.29 bits per heavy atom. The lowest BCUT2D eigenvalue weighted by molar-refractivity contribution is -0.384. The van der Waals surface area contributed by atoms with Crippen molar-refractivity contribution in [2.75, 3.05) is 11.9 Å². The molecule has 0 aliphatic carbocycles. The first-order chi connectivity index (χ1) is 7.84. The van der Waals surface area contributed by atoms with Crippen molar-refractivity contribution in [2.45, 2.75) is 25.9 Å². The summed E-state index contributed by atoms with van der Waals surface area (Å²) >= 11 is 5.66. The normalized spacial score (nSPS) is 14.1. The van der Waals surface area contributed by atoms with E-state index in [0.29, 0.717) is 6.42 Å². The molecule has 17 heavy (non-hydrogen) atoms. The number of hydrogen-bond acceptors (Lipinski definition) is 5. The number of anilines is 1. The average Bonchev–Trinajstić information content (AvgIpc) is 2.26. The Hall–Kier alpha value is -1.40. The van der Waals surface area contributed by atoms with Gasteiger partial charge in [-0.2, -0.15) is 0 Å². The van der Waals surface area contributed by atoms with Gasteiger partial charge in [-0.3, -0.25) is 10.1 Å². The highest BCUT2D eigenvalue weighted by atomic mass is 35.5. The van der Waals surface area contributed by atoms with Crippen molar-refractivity contribution in [1.82, 2.24) is 4.98 Å². The first-order valence-corrected chi connectivity index (χ1v) is 5.50. The van der Waals surface area contributed by atoms with Gasteiger partial charge in [0.1, 0.15) is 11.0 Å². The number of nitro groups is 1. The van der Waals surface area contributed by atoms with Crippen LogP contribution in [0.5, 0.6) is 0 Å². The summed E-state index contributed by atoms with van der Waals surface area (Å²) in [4.78, 5) is 14.0. The molecule has 2 N–H and O–H groups in total. The standard InChI is InChI=1S/C10H14ClN3O3/c1-3-10(2,15)6-12-9-5-7(14(16)17)4-8(11)13-9/h4-5,15H,3,6H2,1-2H3,(H,12,13). The summed E-state index contributed by atoms with van der Waals surface area (Å²) in [6.07, 6.45) is 0.558. The van der Waals surface area contributed by atoms with Gasteiger partial charge in [-0.15, -0.1) is 0 Å². The molecule has 0 fully saturated rings. The molecule has 1 rings (SSSR count). The van der Waals surface area contributed by atoms with Crippen LogP contribution < -0.4 is 5.32 Å². The van der Waals surface area contributed by atoms with E-state index in [1.165, 1.54) is 12.1 Å². The number of aliphatic hydroxyl groups is 1. The number of pyridine rings is 1. The van der Waals surface area contributed by atoms with Crippen LogP contribution in [-0.4, -0.2) is 27.2 Å². The van der Waals surface area contributed by atoms with Crippen LogP contribution in [0.2, 0.25) is 5.15 Å². The second-order valence-electron chi connectivity index (χ2n) is 3.99. The van der Waals surface area contributed by atoms with E-state index in [1.807, 2.05) is 6.92 Å². The highest BCUT2D eigenvalue weighted by Crippen LogP contribution is 2.21. The van der Waals surface area contributed by atoms with E-state index in [0.717, 1.165) is 0 Å². The molecule has 1 aromatic heterocycles. The van der Waals surface area contributed by atoms with Crippen LogP contribution >= 0.6 is 11.6 Å². The minimum absolute atomic E-state index is 0.0397. The lowest BCUT2D eigenvalue weighted by Gasteiger charge is -2.21. The maximum Gasteiger partial charge on any atom is 0.276 e. The Labute approximate surface area is 104 Å². The third kappa shape index (κ3) is 4.16. The van der Waals surface area contributed by atoms with E-state index < -0.39 is 10.5 Å². The van der Waals surface area contributed by atoms with Gasteiger partial charge in [0.15, 0.2) is 0 Å². The Balaban J connectivity index is 2.81. The molecule has 1 unspecified atom stereocenters. The van der Waals surface area contributed by atoms with Gasteiger partial charge in [0.25, 0.3) is 5.69 Å². The summed E-state index contributed by atoms with van der Waals surface area (Å²) in [5.41, 5.74) is -1.03. The Kier molecular flexibility index (Phi) is 4.25. The third-order valence-electron chi connectivity index (χ3n) is 2.40. The smallest absolute Gasteiger partial charge is 0.276 e. The molecule has 0 saturated carbocycles. The predicted octanol–water partition coefficient (Wildman–Crippen LogP) is 2.22. The fourth-order valence-corrected chi connectivity index (χ4v) is 1.29. The zero-order chi connectivity index (χ0) is 13.1. The molecule has 0 aromatic carbocycles. The Morgan fingerprint density at radius 1 is 1.65 bits per heavy atom. The van der Waals surface area contributed by atoms with Gasteiger partial charge in [-0.1, -0.05) is 18.5 Å². The maximum atomic E-state index is 10.6. The van der Waals surface area contributed by atoms with Crippen molar-refractivity contribution in [3.05, 3.63) is 27.4 Å². The molecule has 0 radical (unpaired) electrons. The number of aromatic nitrogens is 1. The van der Waals surface area contributed by atoms with E-state index in [4.69, 9.17) is 11.6 Å². The summed E-state index contributed by atoms with van der Waals surface area (Å²) in [7, 11) is 0. The first-order valence-electron chi connectivity index (χ1n) is 5.12. The molecule has 94 valence electrons. The van der Waals surface area contributed by atoms with Crippen molar-refractivity contribution in [2.24, 2.45) is 0 Å². The second-order valence-corrected chi connectivity index (χ2v) is 4.38. The lowest BCUT2D eigenvalue weighted by atomic mass is 10.0. The molecule has 0 aliphatic rings. The molecule has 0 saturated heterocycles. The second kappa shape index (κ2) is 5.29. The van der Waals surface area contributed by atoms with Crippen LogP contribution in [0.3, 0.4) is 0 Å². The number of halogens is 1. The monoisotopic (exact) mass is 259 g/mol. The van der Waals surface area contributed by atoms with E-state index in [9.17, 15) is 15.2 Å². The van der Waals surface area contributed by atoms with Gasteiger partial charge < -0.3 is 10.4 Å². The topological polar surface area (TPSA) is 88.3 Å². The molecule has 0 amide bonds. The largest absolute Gasteiger partial charge is 0.388 e. The highest BCUT2D eigenvalue weighted by Gasteiger charge is 2.18. The number of hydrogen-bond donors (Lipinski definition) is 2.